The Morgan fingerprint density at radius 1 is 1.22 bits per heavy atom. The van der Waals surface area contributed by atoms with Gasteiger partial charge in [-0.2, -0.15) is 0 Å². The molecule has 0 saturated carbocycles. The number of hydrogen-bond donors (Lipinski definition) is 1. The van der Waals surface area contributed by atoms with Gasteiger partial charge < -0.3 is 10.1 Å². The molecule has 122 valence electrons. The van der Waals surface area contributed by atoms with E-state index in [9.17, 15) is 4.79 Å². The minimum atomic E-state index is -0.541. The average Bonchev–Trinajstić information content (AvgIpc) is 2.56. The van der Waals surface area contributed by atoms with Crippen molar-refractivity contribution in [3.05, 3.63) is 58.6 Å². The van der Waals surface area contributed by atoms with E-state index in [0.717, 1.165) is 23.2 Å². The zero-order valence-electron chi connectivity index (χ0n) is 13.7. The fraction of sp³-hybridized carbons (Fsp3) is 0.316. The molecule has 0 bridgehead atoms. The predicted molar refractivity (Wildman–Crippen MR) is 95.3 cm³/mol. The van der Waals surface area contributed by atoms with E-state index >= 15 is 0 Å². The highest BCUT2D eigenvalue weighted by Gasteiger charge is 2.19. The van der Waals surface area contributed by atoms with E-state index in [-0.39, 0.29) is 5.91 Å². The van der Waals surface area contributed by atoms with Crippen LogP contribution in [0.1, 0.15) is 31.4 Å². The number of ether oxygens (including phenoxy) is 1. The van der Waals surface area contributed by atoms with Crippen molar-refractivity contribution in [2.24, 2.45) is 0 Å². The lowest BCUT2D eigenvalue weighted by Crippen LogP contribution is -2.32. The number of benzene rings is 2. The Kier molecular flexibility index (Phi) is 6.05. The van der Waals surface area contributed by atoms with E-state index in [2.05, 4.69) is 12.2 Å². The Hall–Kier alpha value is -2.00. The Labute approximate surface area is 142 Å². The standard InChI is InChI=1S/C19H22ClNO2/c1-4-14-8-6-7-9-17(14)21-19(22)18(5-2)23-15-10-11-16(20)13(3)12-15/h6-12,18H,4-5H2,1-3H3,(H,21,22)/t18-/m0/s1. The summed E-state index contributed by atoms with van der Waals surface area (Å²) in [7, 11) is 0. The zero-order valence-corrected chi connectivity index (χ0v) is 14.5. The van der Waals surface area contributed by atoms with E-state index in [4.69, 9.17) is 16.3 Å². The number of para-hydroxylation sites is 1. The van der Waals surface area contributed by atoms with Crippen LogP contribution in [-0.2, 0) is 11.2 Å². The molecule has 0 spiro atoms. The van der Waals surface area contributed by atoms with Crippen LogP contribution in [0.3, 0.4) is 0 Å². The summed E-state index contributed by atoms with van der Waals surface area (Å²) in [4.78, 5) is 12.5. The number of anilines is 1. The van der Waals surface area contributed by atoms with Gasteiger partial charge in [0.25, 0.3) is 5.91 Å². The van der Waals surface area contributed by atoms with Gasteiger partial charge >= 0.3 is 0 Å². The molecule has 0 heterocycles. The van der Waals surface area contributed by atoms with Gasteiger partial charge in [0.1, 0.15) is 5.75 Å². The normalized spacial score (nSPS) is 11.8. The lowest BCUT2D eigenvalue weighted by atomic mass is 10.1. The van der Waals surface area contributed by atoms with Crippen LogP contribution in [0.5, 0.6) is 5.75 Å². The summed E-state index contributed by atoms with van der Waals surface area (Å²) in [5.41, 5.74) is 2.88. The molecule has 23 heavy (non-hydrogen) atoms. The Bertz CT molecular complexity index is 685. The van der Waals surface area contributed by atoms with Gasteiger partial charge in [-0.05, 0) is 55.2 Å². The van der Waals surface area contributed by atoms with E-state index < -0.39 is 6.10 Å². The molecule has 2 aromatic carbocycles. The lowest BCUT2D eigenvalue weighted by Gasteiger charge is -2.19. The number of amides is 1. The summed E-state index contributed by atoms with van der Waals surface area (Å²) in [6, 6.07) is 13.2. The molecule has 2 aromatic rings. The fourth-order valence-electron chi connectivity index (χ4n) is 2.34. The first-order valence-electron chi connectivity index (χ1n) is 7.86. The molecule has 0 unspecified atom stereocenters. The number of aryl methyl sites for hydroxylation is 2. The van der Waals surface area contributed by atoms with Gasteiger partial charge in [-0.1, -0.05) is 43.6 Å². The van der Waals surface area contributed by atoms with Crippen LogP contribution in [-0.4, -0.2) is 12.0 Å². The largest absolute Gasteiger partial charge is 0.481 e. The third kappa shape index (κ3) is 4.49. The number of halogens is 1. The molecule has 0 aliphatic heterocycles. The second-order valence-electron chi connectivity index (χ2n) is 5.43. The van der Waals surface area contributed by atoms with E-state index in [0.29, 0.717) is 17.2 Å². The SMILES string of the molecule is CCc1ccccc1NC(=O)[C@H](CC)Oc1ccc(Cl)c(C)c1. The van der Waals surface area contributed by atoms with Crippen molar-refractivity contribution in [1.82, 2.24) is 0 Å². The lowest BCUT2D eigenvalue weighted by molar-refractivity contribution is -0.122. The first-order valence-corrected chi connectivity index (χ1v) is 8.24. The summed E-state index contributed by atoms with van der Waals surface area (Å²) in [6.07, 6.45) is 0.909. The van der Waals surface area contributed by atoms with Gasteiger partial charge in [-0.3, -0.25) is 4.79 Å². The third-order valence-electron chi connectivity index (χ3n) is 3.73. The van der Waals surface area contributed by atoms with E-state index in [1.165, 1.54) is 0 Å². The van der Waals surface area contributed by atoms with Gasteiger partial charge in [-0.25, -0.2) is 0 Å². The van der Waals surface area contributed by atoms with Crippen LogP contribution in [0.15, 0.2) is 42.5 Å². The number of hydrogen-bond acceptors (Lipinski definition) is 2. The molecule has 0 aromatic heterocycles. The Morgan fingerprint density at radius 3 is 2.61 bits per heavy atom. The van der Waals surface area contributed by atoms with Crippen molar-refractivity contribution < 1.29 is 9.53 Å². The summed E-state index contributed by atoms with van der Waals surface area (Å²) in [6.45, 7) is 5.90. The molecule has 0 aliphatic carbocycles. The van der Waals surface area contributed by atoms with Crippen molar-refractivity contribution in [2.45, 2.75) is 39.7 Å². The summed E-state index contributed by atoms with van der Waals surface area (Å²) < 4.78 is 5.84. The van der Waals surface area contributed by atoms with E-state index in [1.54, 1.807) is 12.1 Å². The molecular formula is C19H22ClNO2. The molecular weight excluding hydrogens is 310 g/mol. The molecule has 0 fully saturated rings. The summed E-state index contributed by atoms with van der Waals surface area (Å²) in [5, 5.41) is 3.66. The quantitative estimate of drug-likeness (QED) is 0.808. The van der Waals surface area contributed by atoms with Crippen LogP contribution in [0.25, 0.3) is 0 Å². The first-order chi connectivity index (χ1) is 11.0. The minimum Gasteiger partial charge on any atom is -0.481 e. The summed E-state index contributed by atoms with van der Waals surface area (Å²) >= 11 is 6.02. The first kappa shape index (κ1) is 17.4. The maximum absolute atomic E-state index is 12.5. The molecule has 0 saturated heterocycles. The van der Waals surface area contributed by atoms with Gasteiger partial charge in [0.15, 0.2) is 6.10 Å². The predicted octanol–water partition coefficient (Wildman–Crippen LogP) is 5.01. The minimum absolute atomic E-state index is 0.138. The van der Waals surface area contributed by atoms with Crippen molar-refractivity contribution in [1.29, 1.82) is 0 Å². The van der Waals surface area contributed by atoms with Crippen molar-refractivity contribution in [3.63, 3.8) is 0 Å². The topological polar surface area (TPSA) is 38.3 Å². The molecule has 1 N–H and O–H groups in total. The number of nitrogens with one attached hydrogen (secondary N) is 1. The van der Waals surface area contributed by atoms with Crippen LogP contribution in [0.4, 0.5) is 5.69 Å². The molecule has 3 nitrogen and oxygen atoms in total. The van der Waals surface area contributed by atoms with Crippen molar-refractivity contribution >= 4 is 23.2 Å². The van der Waals surface area contributed by atoms with E-state index in [1.807, 2.05) is 44.2 Å². The number of carbonyl (C=O) groups is 1. The molecule has 2 rings (SSSR count). The van der Waals surface area contributed by atoms with Crippen molar-refractivity contribution in [3.8, 4) is 5.75 Å². The summed E-state index contributed by atoms with van der Waals surface area (Å²) in [5.74, 6) is 0.513. The second kappa shape index (κ2) is 8.02. The van der Waals surface area contributed by atoms with Gasteiger partial charge in [0, 0.05) is 10.7 Å². The highest BCUT2D eigenvalue weighted by atomic mass is 35.5. The second-order valence-corrected chi connectivity index (χ2v) is 5.83. The third-order valence-corrected chi connectivity index (χ3v) is 4.15. The molecule has 1 amide bonds. The van der Waals surface area contributed by atoms with Crippen LogP contribution < -0.4 is 10.1 Å². The number of rotatable bonds is 6. The highest BCUT2D eigenvalue weighted by molar-refractivity contribution is 6.31. The molecule has 0 aliphatic rings. The molecule has 1 atom stereocenters. The monoisotopic (exact) mass is 331 g/mol. The Balaban J connectivity index is 2.10. The van der Waals surface area contributed by atoms with Gasteiger partial charge in [0.05, 0.1) is 0 Å². The van der Waals surface area contributed by atoms with Gasteiger partial charge in [-0.15, -0.1) is 0 Å². The molecule has 0 radical (unpaired) electrons. The van der Waals surface area contributed by atoms with Gasteiger partial charge in [0.2, 0.25) is 0 Å². The highest BCUT2D eigenvalue weighted by Crippen LogP contribution is 2.23. The van der Waals surface area contributed by atoms with Crippen LogP contribution >= 0.6 is 11.6 Å². The molecule has 4 heteroatoms. The number of carbonyl (C=O) groups excluding carboxylic acids is 1. The fourth-order valence-corrected chi connectivity index (χ4v) is 2.46. The smallest absolute Gasteiger partial charge is 0.265 e. The van der Waals surface area contributed by atoms with Crippen LogP contribution in [0, 0.1) is 6.92 Å². The Morgan fingerprint density at radius 2 is 1.96 bits per heavy atom. The average molecular weight is 332 g/mol. The maximum Gasteiger partial charge on any atom is 0.265 e. The van der Waals surface area contributed by atoms with Crippen molar-refractivity contribution in [2.75, 3.05) is 5.32 Å². The maximum atomic E-state index is 12.5. The zero-order chi connectivity index (χ0) is 16.8. The van der Waals surface area contributed by atoms with Crippen LogP contribution in [0.2, 0.25) is 5.02 Å².